The second-order valence-electron chi connectivity index (χ2n) is 9.73. The van der Waals surface area contributed by atoms with Gasteiger partial charge in [-0.15, -0.1) is 0 Å². The number of hydrogen-bond donors (Lipinski definition) is 3. The number of hydrogen-bond acceptors (Lipinski definition) is 3. The molecule has 0 spiro atoms. The monoisotopic (exact) mass is 412 g/mol. The number of benzene rings is 1. The van der Waals surface area contributed by atoms with Crippen LogP contribution in [0, 0.1) is 5.92 Å². The Morgan fingerprint density at radius 3 is 2.33 bits per heavy atom. The smallest absolute Gasteiger partial charge is 0.123 e. The summed E-state index contributed by atoms with van der Waals surface area (Å²) in [5.41, 5.74) is 3.82. The largest absolute Gasteiger partial charge is 0.507 e. The number of phenolic OH excluding ortho intramolecular Hbond substituents is 2. The fraction of sp³-hybridized carbons (Fsp3) is 0.630. The summed E-state index contributed by atoms with van der Waals surface area (Å²) in [6.45, 7) is 8.43. The van der Waals surface area contributed by atoms with Crippen molar-refractivity contribution < 1.29 is 15.3 Å². The van der Waals surface area contributed by atoms with Gasteiger partial charge in [-0.1, -0.05) is 63.7 Å². The zero-order valence-corrected chi connectivity index (χ0v) is 18.9. The summed E-state index contributed by atoms with van der Waals surface area (Å²) in [7, 11) is 0. The first-order valence-electron chi connectivity index (χ1n) is 11.9. The Kier molecular flexibility index (Phi) is 7.68. The standard InChI is InChI=1S/C27H40O3/c1-4-5-6-7-12-27(13-8-9-14-27)21-16-24(29)26(25(30)17-21)23-15-20(18-28)10-11-22(23)19(2)3/h15-17,22-23,28-30H,2,4-14,18H2,1,3H3/t22-,23+/m1/s1. The number of allylic oxidation sites excluding steroid dienone is 2. The topological polar surface area (TPSA) is 60.7 Å². The van der Waals surface area contributed by atoms with Crippen molar-refractivity contribution in [2.75, 3.05) is 6.61 Å². The maximum Gasteiger partial charge on any atom is 0.123 e. The molecule has 166 valence electrons. The van der Waals surface area contributed by atoms with Crippen LogP contribution in [0.5, 0.6) is 11.5 Å². The van der Waals surface area contributed by atoms with Crippen LogP contribution in [0.1, 0.15) is 102 Å². The number of aliphatic hydroxyl groups is 1. The van der Waals surface area contributed by atoms with Gasteiger partial charge in [-0.25, -0.2) is 0 Å². The average Bonchev–Trinajstić information content (AvgIpc) is 3.20. The normalized spacial score (nSPS) is 23.4. The van der Waals surface area contributed by atoms with Crippen molar-refractivity contribution in [2.24, 2.45) is 5.92 Å². The van der Waals surface area contributed by atoms with E-state index in [1.54, 1.807) is 0 Å². The zero-order valence-electron chi connectivity index (χ0n) is 18.9. The van der Waals surface area contributed by atoms with E-state index in [1.165, 1.54) is 38.5 Å². The lowest BCUT2D eigenvalue weighted by Crippen LogP contribution is -2.23. The molecule has 0 bridgehead atoms. The quantitative estimate of drug-likeness (QED) is 0.306. The minimum atomic E-state index is -0.142. The van der Waals surface area contributed by atoms with Gasteiger partial charge in [-0.05, 0) is 73.6 Å². The Bertz CT molecular complexity index is 747. The molecule has 3 nitrogen and oxygen atoms in total. The Hall–Kier alpha value is -1.74. The molecule has 0 unspecified atom stereocenters. The zero-order chi connectivity index (χ0) is 21.7. The molecule has 30 heavy (non-hydrogen) atoms. The van der Waals surface area contributed by atoms with Gasteiger partial charge in [0.2, 0.25) is 0 Å². The molecule has 2 atom stereocenters. The predicted octanol–water partition coefficient (Wildman–Crippen LogP) is 6.87. The SMILES string of the molecule is C=C(C)[C@H]1CCC(CO)=C[C@@H]1c1c(O)cc(C2(CCCCCC)CCCC2)cc1O. The van der Waals surface area contributed by atoms with Crippen LogP contribution < -0.4 is 0 Å². The molecule has 1 aromatic rings. The Labute approximate surface area is 182 Å². The third kappa shape index (κ3) is 4.77. The van der Waals surface area contributed by atoms with E-state index in [0.29, 0.717) is 5.56 Å². The van der Waals surface area contributed by atoms with Crippen molar-refractivity contribution in [2.45, 2.75) is 95.8 Å². The highest BCUT2D eigenvalue weighted by Gasteiger charge is 2.37. The molecule has 0 aromatic heterocycles. The molecule has 2 aliphatic carbocycles. The lowest BCUT2D eigenvalue weighted by Gasteiger charge is -2.34. The van der Waals surface area contributed by atoms with Gasteiger partial charge < -0.3 is 15.3 Å². The molecule has 2 aliphatic rings. The Morgan fingerprint density at radius 1 is 1.10 bits per heavy atom. The van der Waals surface area contributed by atoms with Crippen LogP contribution in [0.25, 0.3) is 0 Å². The molecule has 1 aromatic carbocycles. The van der Waals surface area contributed by atoms with Crippen LogP contribution in [0.2, 0.25) is 0 Å². The molecule has 3 N–H and O–H groups in total. The van der Waals surface area contributed by atoms with E-state index in [9.17, 15) is 15.3 Å². The molecule has 1 fully saturated rings. The predicted molar refractivity (Wildman–Crippen MR) is 124 cm³/mol. The van der Waals surface area contributed by atoms with Crippen molar-refractivity contribution in [1.82, 2.24) is 0 Å². The highest BCUT2D eigenvalue weighted by molar-refractivity contribution is 5.53. The fourth-order valence-corrected chi connectivity index (χ4v) is 5.84. The van der Waals surface area contributed by atoms with Crippen molar-refractivity contribution in [3.63, 3.8) is 0 Å². The Balaban J connectivity index is 1.95. The number of phenols is 2. The lowest BCUT2D eigenvalue weighted by atomic mass is 9.71. The summed E-state index contributed by atoms with van der Waals surface area (Å²) < 4.78 is 0. The number of aromatic hydroxyl groups is 2. The first kappa shape index (κ1) is 22.9. The van der Waals surface area contributed by atoms with E-state index in [2.05, 4.69) is 13.5 Å². The molecule has 3 rings (SSSR count). The molecular weight excluding hydrogens is 372 g/mol. The van der Waals surface area contributed by atoms with Crippen molar-refractivity contribution in [3.05, 3.63) is 47.1 Å². The third-order valence-electron chi connectivity index (χ3n) is 7.61. The van der Waals surface area contributed by atoms with E-state index >= 15 is 0 Å². The molecule has 0 aliphatic heterocycles. The van der Waals surface area contributed by atoms with Crippen LogP contribution in [0.4, 0.5) is 0 Å². The van der Waals surface area contributed by atoms with Crippen LogP contribution in [0.15, 0.2) is 35.9 Å². The van der Waals surface area contributed by atoms with Gasteiger partial charge in [0.25, 0.3) is 0 Å². The number of unbranched alkanes of at least 4 members (excludes halogenated alkanes) is 3. The summed E-state index contributed by atoms with van der Waals surface area (Å²) in [4.78, 5) is 0. The van der Waals surface area contributed by atoms with Gasteiger partial charge in [-0.3, -0.25) is 0 Å². The van der Waals surface area contributed by atoms with Gasteiger partial charge in [-0.2, -0.15) is 0 Å². The second kappa shape index (κ2) is 10.0. The molecule has 3 heteroatoms. The summed E-state index contributed by atoms with van der Waals surface area (Å²) >= 11 is 0. The van der Waals surface area contributed by atoms with Gasteiger partial charge in [0.05, 0.1) is 6.61 Å². The van der Waals surface area contributed by atoms with Gasteiger partial charge in [0.15, 0.2) is 0 Å². The second-order valence-corrected chi connectivity index (χ2v) is 9.73. The van der Waals surface area contributed by atoms with Crippen molar-refractivity contribution in [3.8, 4) is 11.5 Å². The van der Waals surface area contributed by atoms with Crippen LogP contribution >= 0.6 is 0 Å². The summed E-state index contributed by atoms with van der Waals surface area (Å²) in [6, 6.07) is 3.85. The maximum absolute atomic E-state index is 11.1. The van der Waals surface area contributed by atoms with Crippen LogP contribution in [0.3, 0.4) is 0 Å². The minimum Gasteiger partial charge on any atom is -0.507 e. The lowest BCUT2D eigenvalue weighted by molar-refractivity contribution is 0.314. The van der Waals surface area contributed by atoms with Crippen LogP contribution in [-0.4, -0.2) is 21.9 Å². The average molecular weight is 413 g/mol. The van der Waals surface area contributed by atoms with Crippen LogP contribution in [-0.2, 0) is 5.41 Å². The van der Waals surface area contributed by atoms with E-state index in [-0.39, 0.29) is 35.4 Å². The van der Waals surface area contributed by atoms with Gasteiger partial charge in [0.1, 0.15) is 11.5 Å². The van der Waals surface area contributed by atoms with Crippen molar-refractivity contribution in [1.29, 1.82) is 0 Å². The van der Waals surface area contributed by atoms with Gasteiger partial charge in [0, 0.05) is 11.5 Å². The summed E-state index contributed by atoms with van der Waals surface area (Å²) in [5, 5.41) is 31.8. The molecule has 0 radical (unpaired) electrons. The molecule has 0 heterocycles. The molecular formula is C27H40O3. The molecule has 1 saturated carbocycles. The van der Waals surface area contributed by atoms with E-state index < -0.39 is 0 Å². The minimum absolute atomic E-state index is 0.0277. The molecule has 0 saturated heterocycles. The van der Waals surface area contributed by atoms with E-state index in [4.69, 9.17) is 0 Å². The van der Waals surface area contributed by atoms with Gasteiger partial charge >= 0.3 is 0 Å². The fourth-order valence-electron chi connectivity index (χ4n) is 5.84. The summed E-state index contributed by atoms with van der Waals surface area (Å²) in [5.74, 6) is 0.405. The Morgan fingerprint density at radius 2 is 1.77 bits per heavy atom. The highest BCUT2D eigenvalue weighted by Crippen LogP contribution is 2.51. The first-order chi connectivity index (χ1) is 14.4. The van der Waals surface area contributed by atoms with E-state index in [0.717, 1.165) is 48.8 Å². The van der Waals surface area contributed by atoms with E-state index in [1.807, 2.05) is 25.1 Å². The number of rotatable bonds is 9. The molecule has 0 amide bonds. The third-order valence-corrected chi connectivity index (χ3v) is 7.61. The maximum atomic E-state index is 11.1. The number of aliphatic hydroxyl groups excluding tert-OH is 1. The first-order valence-corrected chi connectivity index (χ1v) is 11.9. The van der Waals surface area contributed by atoms with Crippen molar-refractivity contribution >= 4 is 0 Å². The highest BCUT2D eigenvalue weighted by atomic mass is 16.3. The summed E-state index contributed by atoms with van der Waals surface area (Å²) in [6.07, 6.45) is 14.6.